The third-order valence-electron chi connectivity index (χ3n) is 4.15. The molecule has 4 aromatic rings. The van der Waals surface area contributed by atoms with Crippen LogP contribution in [0.5, 0.6) is 0 Å². The Morgan fingerprint density at radius 1 is 0.931 bits per heavy atom. The Morgan fingerprint density at radius 2 is 1.62 bits per heavy atom. The predicted octanol–water partition coefficient (Wildman–Crippen LogP) is 7.09. The van der Waals surface area contributed by atoms with Crippen LogP contribution >= 0.6 is 34.7 Å². The normalized spacial score (nSPS) is 11.1. The van der Waals surface area contributed by atoms with E-state index in [4.69, 9.17) is 16.6 Å². The standard InChI is InChI=1S/C23H18ClN3S2/c1-27(25-15-17-7-11-19(24)12-8-17)23-26-22(16-28-23)18-9-13-21(14-10-18)29-20-5-3-2-4-6-20/h2-16H,1H3/b25-15-. The molecule has 0 bridgehead atoms. The van der Waals surface area contributed by atoms with Crippen LogP contribution in [0.1, 0.15) is 5.56 Å². The van der Waals surface area contributed by atoms with Crippen molar-refractivity contribution < 1.29 is 0 Å². The highest BCUT2D eigenvalue weighted by molar-refractivity contribution is 7.99. The van der Waals surface area contributed by atoms with Crippen molar-refractivity contribution in [2.45, 2.75) is 9.79 Å². The second-order valence-corrected chi connectivity index (χ2v) is 8.69. The summed E-state index contributed by atoms with van der Waals surface area (Å²) < 4.78 is 0. The van der Waals surface area contributed by atoms with Crippen molar-refractivity contribution in [3.8, 4) is 11.3 Å². The third kappa shape index (κ3) is 5.26. The summed E-state index contributed by atoms with van der Waals surface area (Å²) in [5.74, 6) is 0. The number of nitrogens with zero attached hydrogens (tertiary/aromatic N) is 3. The monoisotopic (exact) mass is 435 g/mol. The zero-order valence-electron chi connectivity index (χ0n) is 15.7. The lowest BCUT2D eigenvalue weighted by Crippen LogP contribution is -2.08. The van der Waals surface area contributed by atoms with Gasteiger partial charge in [0.25, 0.3) is 0 Å². The van der Waals surface area contributed by atoms with Crippen LogP contribution < -0.4 is 5.01 Å². The first-order valence-corrected chi connectivity index (χ1v) is 11.1. The summed E-state index contributed by atoms with van der Waals surface area (Å²) in [5, 5.41) is 9.87. The van der Waals surface area contributed by atoms with Crippen molar-refractivity contribution in [1.29, 1.82) is 0 Å². The molecule has 6 heteroatoms. The summed E-state index contributed by atoms with van der Waals surface area (Å²) in [6.07, 6.45) is 1.80. The zero-order chi connectivity index (χ0) is 20.1. The molecule has 4 rings (SSSR count). The molecule has 0 saturated carbocycles. The zero-order valence-corrected chi connectivity index (χ0v) is 18.1. The first-order chi connectivity index (χ1) is 14.2. The van der Waals surface area contributed by atoms with Gasteiger partial charge in [0.1, 0.15) is 0 Å². The molecule has 0 amide bonds. The largest absolute Gasteiger partial charge is 0.242 e. The fourth-order valence-electron chi connectivity index (χ4n) is 2.62. The lowest BCUT2D eigenvalue weighted by Gasteiger charge is -2.08. The minimum absolute atomic E-state index is 0.716. The first kappa shape index (κ1) is 19.7. The predicted molar refractivity (Wildman–Crippen MR) is 126 cm³/mol. The molecule has 0 saturated heterocycles. The van der Waals surface area contributed by atoms with E-state index in [1.54, 1.807) is 34.3 Å². The van der Waals surface area contributed by atoms with E-state index in [1.807, 2.05) is 37.4 Å². The van der Waals surface area contributed by atoms with Crippen LogP contribution in [-0.2, 0) is 0 Å². The van der Waals surface area contributed by atoms with Gasteiger partial charge in [-0.2, -0.15) is 5.10 Å². The van der Waals surface area contributed by atoms with E-state index in [2.05, 4.69) is 59.0 Å². The second-order valence-electron chi connectivity index (χ2n) is 6.27. The average Bonchev–Trinajstić information content (AvgIpc) is 3.25. The van der Waals surface area contributed by atoms with Gasteiger partial charge in [0.15, 0.2) is 0 Å². The van der Waals surface area contributed by atoms with Crippen LogP contribution in [0, 0.1) is 0 Å². The van der Waals surface area contributed by atoms with Crippen LogP contribution in [0.2, 0.25) is 5.02 Å². The van der Waals surface area contributed by atoms with Crippen LogP contribution in [0.3, 0.4) is 0 Å². The number of hydrazone groups is 1. The molecule has 0 aliphatic heterocycles. The van der Waals surface area contributed by atoms with Gasteiger partial charge >= 0.3 is 0 Å². The van der Waals surface area contributed by atoms with E-state index < -0.39 is 0 Å². The Labute approximate surface area is 183 Å². The molecule has 3 aromatic carbocycles. The number of benzene rings is 3. The van der Waals surface area contributed by atoms with E-state index in [9.17, 15) is 0 Å². The molecule has 0 atom stereocenters. The molecule has 0 fully saturated rings. The Morgan fingerprint density at radius 3 is 2.34 bits per heavy atom. The number of hydrogen-bond donors (Lipinski definition) is 0. The van der Waals surface area contributed by atoms with Gasteiger partial charge in [-0.25, -0.2) is 9.99 Å². The van der Waals surface area contributed by atoms with Gasteiger partial charge in [-0.3, -0.25) is 0 Å². The van der Waals surface area contributed by atoms with E-state index in [0.29, 0.717) is 5.02 Å². The van der Waals surface area contributed by atoms with Gasteiger partial charge in [-0.05, 0) is 42.0 Å². The minimum Gasteiger partial charge on any atom is -0.242 e. The average molecular weight is 436 g/mol. The highest BCUT2D eigenvalue weighted by Gasteiger charge is 2.08. The van der Waals surface area contributed by atoms with Crippen LogP contribution in [0.15, 0.2) is 99.1 Å². The Balaban J connectivity index is 1.43. The van der Waals surface area contributed by atoms with Gasteiger partial charge in [-0.1, -0.05) is 65.8 Å². The molecule has 144 valence electrons. The van der Waals surface area contributed by atoms with E-state index in [0.717, 1.165) is 22.0 Å². The molecule has 0 aliphatic rings. The molecular weight excluding hydrogens is 418 g/mol. The van der Waals surface area contributed by atoms with Crippen molar-refractivity contribution in [3.63, 3.8) is 0 Å². The maximum absolute atomic E-state index is 5.92. The smallest absolute Gasteiger partial charge is 0.206 e. The van der Waals surface area contributed by atoms with Gasteiger partial charge in [0, 0.05) is 32.8 Å². The number of thiazole rings is 1. The highest BCUT2D eigenvalue weighted by Crippen LogP contribution is 2.31. The summed E-state index contributed by atoms with van der Waals surface area (Å²) >= 11 is 9.24. The fraction of sp³-hybridized carbons (Fsp3) is 0.0435. The van der Waals surface area contributed by atoms with Crippen molar-refractivity contribution in [2.24, 2.45) is 5.10 Å². The van der Waals surface area contributed by atoms with E-state index >= 15 is 0 Å². The quantitative estimate of drug-likeness (QED) is 0.239. The van der Waals surface area contributed by atoms with Crippen molar-refractivity contribution in [2.75, 3.05) is 12.1 Å². The van der Waals surface area contributed by atoms with Gasteiger partial charge in [0.05, 0.1) is 11.9 Å². The van der Waals surface area contributed by atoms with E-state index in [-0.39, 0.29) is 0 Å². The summed E-state index contributed by atoms with van der Waals surface area (Å²) in [6.45, 7) is 0. The molecule has 1 aromatic heterocycles. The molecule has 0 N–H and O–H groups in total. The lowest BCUT2D eigenvalue weighted by molar-refractivity contribution is 1.01. The summed E-state index contributed by atoms with van der Waals surface area (Å²) in [5.41, 5.74) is 3.04. The maximum Gasteiger partial charge on any atom is 0.206 e. The molecular formula is C23H18ClN3S2. The Bertz CT molecular complexity index is 1090. The first-order valence-electron chi connectivity index (χ1n) is 8.99. The number of aromatic nitrogens is 1. The number of anilines is 1. The maximum atomic E-state index is 5.92. The topological polar surface area (TPSA) is 28.5 Å². The molecule has 3 nitrogen and oxygen atoms in total. The summed E-state index contributed by atoms with van der Waals surface area (Å²) in [4.78, 5) is 7.16. The fourth-order valence-corrected chi connectivity index (χ4v) is 4.34. The van der Waals surface area contributed by atoms with Crippen molar-refractivity contribution in [3.05, 3.63) is 94.8 Å². The Kier molecular flexibility index (Phi) is 6.30. The Hall–Kier alpha value is -2.60. The third-order valence-corrected chi connectivity index (χ3v) is 6.32. The van der Waals surface area contributed by atoms with Crippen LogP contribution in [0.4, 0.5) is 5.13 Å². The number of halogens is 1. The second kappa shape index (κ2) is 9.27. The van der Waals surface area contributed by atoms with Crippen LogP contribution in [-0.4, -0.2) is 18.2 Å². The minimum atomic E-state index is 0.716. The number of hydrogen-bond acceptors (Lipinski definition) is 5. The SMILES string of the molecule is CN(/N=C\c1ccc(Cl)cc1)c1nc(-c2ccc(Sc3ccccc3)cc2)cs1. The summed E-state index contributed by atoms with van der Waals surface area (Å²) in [7, 11) is 1.90. The molecule has 0 radical (unpaired) electrons. The highest BCUT2D eigenvalue weighted by atomic mass is 35.5. The molecule has 29 heavy (non-hydrogen) atoms. The van der Waals surface area contributed by atoms with Gasteiger partial charge in [-0.15, -0.1) is 11.3 Å². The van der Waals surface area contributed by atoms with Gasteiger partial charge in [0.2, 0.25) is 5.13 Å². The van der Waals surface area contributed by atoms with E-state index in [1.165, 1.54) is 9.79 Å². The van der Waals surface area contributed by atoms with Crippen LogP contribution in [0.25, 0.3) is 11.3 Å². The molecule has 0 aliphatic carbocycles. The van der Waals surface area contributed by atoms with Crippen molar-refractivity contribution in [1.82, 2.24) is 4.98 Å². The van der Waals surface area contributed by atoms with Crippen molar-refractivity contribution >= 4 is 46.0 Å². The molecule has 0 spiro atoms. The summed E-state index contributed by atoms with van der Waals surface area (Å²) in [6, 6.07) is 26.4. The van der Waals surface area contributed by atoms with Gasteiger partial charge < -0.3 is 0 Å². The molecule has 1 heterocycles. The number of rotatable bonds is 6. The lowest BCUT2D eigenvalue weighted by atomic mass is 10.2. The molecule has 0 unspecified atom stereocenters.